The third-order valence-electron chi connectivity index (χ3n) is 6.74. The van der Waals surface area contributed by atoms with Gasteiger partial charge in [-0.3, -0.25) is 0 Å². The van der Waals surface area contributed by atoms with Crippen molar-refractivity contribution in [3.63, 3.8) is 0 Å². The van der Waals surface area contributed by atoms with Crippen molar-refractivity contribution in [2.24, 2.45) is 17.3 Å². The summed E-state index contributed by atoms with van der Waals surface area (Å²) in [7, 11) is 0. The summed E-state index contributed by atoms with van der Waals surface area (Å²) in [4.78, 5) is 0. The maximum absolute atomic E-state index is 4.05. The first-order valence-corrected chi connectivity index (χ1v) is 9.34. The second-order valence-electron chi connectivity index (χ2n) is 8.13. The summed E-state index contributed by atoms with van der Waals surface area (Å²) in [6, 6.07) is 1.63. The molecule has 0 radical (unpaired) electrons. The van der Waals surface area contributed by atoms with Crippen molar-refractivity contribution in [1.82, 2.24) is 10.6 Å². The van der Waals surface area contributed by atoms with Crippen LogP contribution in [0.3, 0.4) is 0 Å². The molecule has 114 valence electrons. The fourth-order valence-corrected chi connectivity index (χ4v) is 5.06. The van der Waals surface area contributed by atoms with Gasteiger partial charge in [0.15, 0.2) is 0 Å². The minimum Gasteiger partial charge on any atom is -0.314 e. The lowest BCUT2D eigenvalue weighted by molar-refractivity contribution is 0.174. The second kappa shape index (κ2) is 5.61. The van der Waals surface area contributed by atoms with E-state index in [0.29, 0.717) is 0 Å². The molecule has 0 aromatic heterocycles. The average Bonchev–Trinajstić information content (AvgIpc) is 3.39. The molecule has 0 amide bonds. The first-order chi connectivity index (χ1) is 9.87. The summed E-state index contributed by atoms with van der Waals surface area (Å²) in [6.45, 7) is 2.60. The molecule has 0 aromatic rings. The molecule has 4 rings (SSSR count). The third-order valence-corrected chi connectivity index (χ3v) is 6.74. The zero-order chi connectivity index (χ0) is 13.4. The van der Waals surface area contributed by atoms with Crippen LogP contribution in [0.4, 0.5) is 0 Å². The molecule has 3 unspecified atom stereocenters. The molecule has 0 bridgehead atoms. The van der Waals surface area contributed by atoms with Crippen LogP contribution in [0.1, 0.15) is 70.6 Å². The summed E-state index contributed by atoms with van der Waals surface area (Å²) >= 11 is 0. The highest BCUT2D eigenvalue weighted by atomic mass is 15.0. The lowest BCUT2D eigenvalue weighted by Crippen LogP contribution is -2.51. The molecule has 1 saturated heterocycles. The SMILES string of the molecule is C1CCC(C2CCCCC2NCC2(C3CC3)CC2)NC1. The standard InChI is InChI=1S/C18H32N2/c1-2-6-17(15(5-1)16-7-3-4-12-19-16)20-13-18(10-11-18)14-8-9-14/h14-17,19-20H,1-13H2. The van der Waals surface area contributed by atoms with Crippen LogP contribution in [0.5, 0.6) is 0 Å². The maximum Gasteiger partial charge on any atom is 0.0110 e. The van der Waals surface area contributed by atoms with E-state index in [2.05, 4.69) is 10.6 Å². The van der Waals surface area contributed by atoms with E-state index in [1.165, 1.54) is 83.7 Å². The Bertz CT molecular complexity index is 326. The highest BCUT2D eigenvalue weighted by Gasteiger charge is 2.53. The second-order valence-corrected chi connectivity index (χ2v) is 8.13. The molecule has 2 heteroatoms. The Balaban J connectivity index is 1.34. The van der Waals surface area contributed by atoms with Crippen molar-refractivity contribution in [2.45, 2.75) is 82.7 Å². The minimum atomic E-state index is 0.766. The maximum atomic E-state index is 4.05. The smallest absolute Gasteiger partial charge is 0.0110 e. The van der Waals surface area contributed by atoms with Crippen LogP contribution in [0, 0.1) is 17.3 Å². The van der Waals surface area contributed by atoms with Crippen molar-refractivity contribution in [2.75, 3.05) is 13.1 Å². The first-order valence-electron chi connectivity index (χ1n) is 9.34. The van der Waals surface area contributed by atoms with Gasteiger partial charge in [-0.2, -0.15) is 0 Å². The Labute approximate surface area is 124 Å². The fourth-order valence-electron chi connectivity index (χ4n) is 5.06. The Kier molecular flexibility index (Phi) is 3.80. The van der Waals surface area contributed by atoms with E-state index in [4.69, 9.17) is 0 Å². The van der Waals surface area contributed by atoms with Gasteiger partial charge in [0.25, 0.3) is 0 Å². The quantitative estimate of drug-likeness (QED) is 0.803. The molecule has 3 atom stereocenters. The van der Waals surface area contributed by atoms with Crippen molar-refractivity contribution >= 4 is 0 Å². The largest absolute Gasteiger partial charge is 0.314 e. The van der Waals surface area contributed by atoms with Gasteiger partial charge in [-0.15, -0.1) is 0 Å². The van der Waals surface area contributed by atoms with E-state index < -0.39 is 0 Å². The van der Waals surface area contributed by atoms with Crippen LogP contribution in [0.15, 0.2) is 0 Å². The van der Waals surface area contributed by atoms with E-state index in [1.807, 2.05) is 0 Å². The Morgan fingerprint density at radius 2 is 1.70 bits per heavy atom. The van der Waals surface area contributed by atoms with E-state index in [1.54, 1.807) is 0 Å². The van der Waals surface area contributed by atoms with Crippen LogP contribution in [0.25, 0.3) is 0 Å². The molecule has 4 fully saturated rings. The van der Waals surface area contributed by atoms with Crippen molar-refractivity contribution in [3.8, 4) is 0 Å². The Hall–Kier alpha value is -0.0800. The van der Waals surface area contributed by atoms with Gasteiger partial charge in [-0.25, -0.2) is 0 Å². The van der Waals surface area contributed by atoms with E-state index >= 15 is 0 Å². The lowest BCUT2D eigenvalue weighted by Gasteiger charge is -2.40. The average molecular weight is 276 g/mol. The van der Waals surface area contributed by atoms with Crippen molar-refractivity contribution in [3.05, 3.63) is 0 Å². The van der Waals surface area contributed by atoms with E-state index in [0.717, 1.165) is 29.3 Å². The van der Waals surface area contributed by atoms with Crippen LogP contribution in [0.2, 0.25) is 0 Å². The number of piperidine rings is 1. The van der Waals surface area contributed by atoms with Gasteiger partial charge in [0.05, 0.1) is 0 Å². The molecule has 1 aliphatic heterocycles. The molecule has 0 aromatic carbocycles. The van der Waals surface area contributed by atoms with Crippen molar-refractivity contribution < 1.29 is 0 Å². The highest BCUT2D eigenvalue weighted by molar-refractivity contribution is 5.06. The lowest BCUT2D eigenvalue weighted by atomic mass is 9.77. The molecule has 4 aliphatic rings. The van der Waals surface area contributed by atoms with E-state index in [9.17, 15) is 0 Å². The number of hydrogen-bond acceptors (Lipinski definition) is 2. The minimum absolute atomic E-state index is 0.766. The topological polar surface area (TPSA) is 24.1 Å². The normalized spacial score (nSPS) is 40.5. The van der Waals surface area contributed by atoms with Gasteiger partial charge in [0.2, 0.25) is 0 Å². The van der Waals surface area contributed by atoms with Crippen LogP contribution >= 0.6 is 0 Å². The molecular weight excluding hydrogens is 244 g/mol. The molecule has 1 heterocycles. The Morgan fingerprint density at radius 1 is 0.900 bits per heavy atom. The van der Waals surface area contributed by atoms with Crippen molar-refractivity contribution in [1.29, 1.82) is 0 Å². The molecule has 3 aliphatic carbocycles. The molecule has 2 N–H and O–H groups in total. The molecule has 3 saturated carbocycles. The predicted octanol–water partition coefficient (Wildman–Crippen LogP) is 3.47. The highest BCUT2D eigenvalue weighted by Crippen LogP contribution is 2.60. The van der Waals surface area contributed by atoms with Gasteiger partial charge in [0, 0.05) is 18.6 Å². The van der Waals surface area contributed by atoms with Crippen LogP contribution in [-0.2, 0) is 0 Å². The summed E-state index contributed by atoms with van der Waals surface area (Å²) < 4.78 is 0. The fraction of sp³-hybridized carbons (Fsp3) is 1.00. The van der Waals surface area contributed by atoms with Gasteiger partial charge < -0.3 is 10.6 Å². The summed E-state index contributed by atoms with van der Waals surface area (Å²) in [5.41, 5.74) is 0.766. The van der Waals surface area contributed by atoms with Gasteiger partial charge in [-0.1, -0.05) is 19.3 Å². The third kappa shape index (κ3) is 2.78. The predicted molar refractivity (Wildman–Crippen MR) is 83.8 cm³/mol. The molecule has 0 spiro atoms. The number of rotatable bonds is 5. The summed E-state index contributed by atoms with van der Waals surface area (Å²) in [5.74, 6) is 2.02. The summed E-state index contributed by atoms with van der Waals surface area (Å²) in [5, 5.41) is 7.88. The van der Waals surface area contributed by atoms with E-state index in [-0.39, 0.29) is 0 Å². The molecule has 20 heavy (non-hydrogen) atoms. The Morgan fingerprint density at radius 3 is 2.40 bits per heavy atom. The van der Waals surface area contributed by atoms with Gasteiger partial charge >= 0.3 is 0 Å². The number of nitrogens with one attached hydrogen (secondary N) is 2. The molecule has 2 nitrogen and oxygen atoms in total. The zero-order valence-electron chi connectivity index (χ0n) is 13.0. The van der Waals surface area contributed by atoms with Gasteiger partial charge in [0.1, 0.15) is 0 Å². The summed E-state index contributed by atoms with van der Waals surface area (Å²) in [6.07, 6.45) is 16.2. The zero-order valence-corrected chi connectivity index (χ0v) is 13.0. The molecular formula is C18H32N2. The van der Waals surface area contributed by atoms with Crippen LogP contribution < -0.4 is 10.6 Å². The first kappa shape index (κ1) is 13.6. The monoisotopic (exact) mass is 276 g/mol. The van der Waals surface area contributed by atoms with Gasteiger partial charge in [-0.05, 0) is 75.2 Å². The van der Waals surface area contributed by atoms with Crippen LogP contribution in [-0.4, -0.2) is 25.2 Å². The number of hydrogen-bond donors (Lipinski definition) is 2.